The Morgan fingerprint density at radius 1 is 1.35 bits per heavy atom. The molecule has 3 nitrogen and oxygen atoms in total. The number of rotatable bonds is 3. The van der Waals surface area contributed by atoms with E-state index in [0.717, 1.165) is 0 Å². The molecule has 2 rings (SSSR count). The van der Waals surface area contributed by atoms with Gasteiger partial charge in [0.05, 0.1) is 11.3 Å². The Morgan fingerprint density at radius 2 is 2.09 bits per heavy atom. The van der Waals surface area contributed by atoms with E-state index in [2.05, 4.69) is 20.9 Å². The van der Waals surface area contributed by atoms with Crippen LogP contribution in [0.4, 0.5) is 0 Å². The van der Waals surface area contributed by atoms with E-state index in [1.54, 1.807) is 30.4 Å². The third-order valence-corrected chi connectivity index (χ3v) is 4.31. The highest BCUT2D eigenvalue weighted by atomic mass is 79.9. The summed E-state index contributed by atoms with van der Waals surface area (Å²) in [6.45, 7) is 0. The van der Waals surface area contributed by atoms with Gasteiger partial charge >= 0.3 is 0 Å². The van der Waals surface area contributed by atoms with Crippen LogP contribution in [0.2, 0.25) is 10.0 Å². The molecule has 0 aliphatic heterocycles. The van der Waals surface area contributed by atoms with E-state index < -0.39 is 5.78 Å². The molecule has 118 valence electrons. The highest BCUT2D eigenvalue weighted by molar-refractivity contribution is 9.11. The SMILES string of the molecule is CN=C1CC=C(Br)C=C(C(=O)/C=C/c2ccc(Cl)cc2Cl)C1=O. The molecular formula is C17H12BrCl2NO2. The standard InChI is InChI=1S/C17H12BrCl2NO2/c1-21-15-6-4-11(18)8-13(17(15)23)16(22)7-3-10-2-5-12(19)9-14(10)20/h2-5,7-9H,6H2,1H3/b7-3+,21-15?. The minimum absolute atomic E-state index is 0.0626. The number of Topliss-reactive ketones (excluding diaryl/α,β-unsaturated/α-hetero) is 1. The molecule has 1 aliphatic carbocycles. The molecule has 0 heterocycles. The van der Waals surface area contributed by atoms with Gasteiger partial charge in [0.2, 0.25) is 5.78 Å². The van der Waals surface area contributed by atoms with Gasteiger partial charge in [-0.15, -0.1) is 0 Å². The monoisotopic (exact) mass is 411 g/mol. The van der Waals surface area contributed by atoms with E-state index in [9.17, 15) is 9.59 Å². The summed E-state index contributed by atoms with van der Waals surface area (Å²) in [6, 6.07) is 4.96. The first-order valence-electron chi connectivity index (χ1n) is 6.67. The molecule has 0 bridgehead atoms. The highest BCUT2D eigenvalue weighted by Crippen LogP contribution is 2.23. The van der Waals surface area contributed by atoms with Crippen molar-refractivity contribution in [2.24, 2.45) is 4.99 Å². The Balaban J connectivity index is 2.30. The van der Waals surface area contributed by atoms with Crippen molar-refractivity contribution >= 4 is 62.5 Å². The molecule has 6 heteroatoms. The molecule has 23 heavy (non-hydrogen) atoms. The van der Waals surface area contributed by atoms with Crippen molar-refractivity contribution in [1.29, 1.82) is 0 Å². The fraction of sp³-hybridized carbons (Fsp3) is 0.118. The highest BCUT2D eigenvalue weighted by Gasteiger charge is 2.22. The van der Waals surface area contributed by atoms with Gasteiger partial charge in [0.1, 0.15) is 0 Å². The molecule has 0 saturated heterocycles. The smallest absolute Gasteiger partial charge is 0.211 e. The zero-order valence-electron chi connectivity index (χ0n) is 12.1. The lowest BCUT2D eigenvalue weighted by molar-refractivity contribution is -0.116. The first kappa shape index (κ1) is 17.9. The predicted octanol–water partition coefficient (Wildman–Crippen LogP) is 4.82. The Bertz CT molecular complexity index is 792. The molecule has 0 unspecified atom stereocenters. The third-order valence-electron chi connectivity index (χ3n) is 3.19. The fourth-order valence-corrected chi connectivity index (χ4v) is 2.83. The molecule has 0 fully saturated rings. The van der Waals surface area contributed by atoms with Gasteiger partial charge in [-0.1, -0.05) is 51.3 Å². The quantitative estimate of drug-likeness (QED) is 0.527. The van der Waals surface area contributed by atoms with Gasteiger partial charge < -0.3 is 0 Å². The first-order chi connectivity index (χ1) is 10.9. The second-order valence-corrected chi connectivity index (χ2v) is 6.47. The summed E-state index contributed by atoms with van der Waals surface area (Å²) >= 11 is 15.2. The van der Waals surface area contributed by atoms with Crippen molar-refractivity contribution in [3.63, 3.8) is 0 Å². The van der Waals surface area contributed by atoms with E-state index in [4.69, 9.17) is 23.2 Å². The van der Waals surface area contributed by atoms with Gasteiger partial charge in [0.25, 0.3) is 0 Å². The van der Waals surface area contributed by atoms with Crippen molar-refractivity contribution < 1.29 is 9.59 Å². The number of nitrogens with zero attached hydrogens (tertiary/aromatic N) is 1. The second-order valence-electron chi connectivity index (χ2n) is 4.71. The van der Waals surface area contributed by atoms with Crippen LogP contribution in [0.15, 0.2) is 51.5 Å². The van der Waals surface area contributed by atoms with Crippen molar-refractivity contribution in [2.45, 2.75) is 6.42 Å². The summed E-state index contributed by atoms with van der Waals surface area (Å²) in [5, 5.41) is 0.942. The fourth-order valence-electron chi connectivity index (χ4n) is 1.97. The Morgan fingerprint density at radius 3 is 2.74 bits per heavy atom. The van der Waals surface area contributed by atoms with E-state index in [1.165, 1.54) is 19.2 Å². The van der Waals surface area contributed by atoms with Gasteiger partial charge in [0.15, 0.2) is 5.78 Å². The Hall–Kier alpha value is -1.49. The van der Waals surface area contributed by atoms with Crippen molar-refractivity contribution in [1.82, 2.24) is 0 Å². The number of carbonyl (C=O) groups is 2. The average molecular weight is 413 g/mol. The van der Waals surface area contributed by atoms with Gasteiger partial charge in [0, 0.05) is 28.0 Å². The van der Waals surface area contributed by atoms with Gasteiger partial charge in [-0.25, -0.2) is 0 Å². The minimum Gasteiger partial charge on any atom is -0.289 e. The maximum absolute atomic E-state index is 12.4. The summed E-state index contributed by atoms with van der Waals surface area (Å²) in [4.78, 5) is 28.7. The van der Waals surface area contributed by atoms with E-state index in [-0.39, 0.29) is 11.4 Å². The number of allylic oxidation sites excluding steroid dienone is 5. The van der Waals surface area contributed by atoms with Crippen molar-refractivity contribution in [2.75, 3.05) is 7.05 Å². The van der Waals surface area contributed by atoms with E-state index in [0.29, 0.717) is 32.2 Å². The van der Waals surface area contributed by atoms with Crippen LogP contribution in [0.3, 0.4) is 0 Å². The van der Waals surface area contributed by atoms with E-state index >= 15 is 0 Å². The van der Waals surface area contributed by atoms with Gasteiger partial charge in [-0.2, -0.15) is 0 Å². The zero-order valence-corrected chi connectivity index (χ0v) is 15.2. The number of ketones is 2. The summed E-state index contributed by atoms with van der Waals surface area (Å²) in [5.74, 6) is -0.774. The largest absolute Gasteiger partial charge is 0.289 e. The van der Waals surface area contributed by atoms with Crippen LogP contribution in [-0.4, -0.2) is 24.3 Å². The maximum atomic E-state index is 12.4. The molecule has 0 N–H and O–H groups in total. The lowest BCUT2D eigenvalue weighted by Gasteiger charge is -2.03. The van der Waals surface area contributed by atoms with Crippen LogP contribution < -0.4 is 0 Å². The molecule has 0 radical (unpaired) electrons. The van der Waals surface area contributed by atoms with Crippen molar-refractivity contribution in [3.8, 4) is 0 Å². The molecule has 0 aromatic heterocycles. The number of benzene rings is 1. The Labute approximate surface area is 152 Å². The summed E-state index contributed by atoms with van der Waals surface area (Å²) in [7, 11) is 1.53. The lowest BCUT2D eigenvalue weighted by atomic mass is 10.0. The zero-order chi connectivity index (χ0) is 17.0. The maximum Gasteiger partial charge on any atom is 0.211 e. The molecule has 1 aromatic rings. The molecule has 0 atom stereocenters. The number of hydrogen-bond donors (Lipinski definition) is 0. The Kier molecular flexibility index (Phi) is 6.10. The molecule has 0 saturated carbocycles. The second kappa shape index (κ2) is 7.86. The number of hydrogen-bond acceptors (Lipinski definition) is 3. The number of halogens is 3. The van der Waals surface area contributed by atoms with Gasteiger partial charge in [-0.3, -0.25) is 14.6 Å². The average Bonchev–Trinajstić information content (AvgIpc) is 2.65. The normalized spacial score (nSPS) is 17.2. The van der Waals surface area contributed by atoms with Crippen molar-refractivity contribution in [3.05, 3.63) is 62.1 Å². The van der Waals surface area contributed by atoms with Crippen LogP contribution in [0.5, 0.6) is 0 Å². The topological polar surface area (TPSA) is 46.5 Å². The van der Waals surface area contributed by atoms with Crippen LogP contribution in [-0.2, 0) is 9.59 Å². The first-order valence-corrected chi connectivity index (χ1v) is 8.22. The van der Waals surface area contributed by atoms with Crippen LogP contribution in [0, 0.1) is 0 Å². The van der Waals surface area contributed by atoms with Crippen LogP contribution in [0.25, 0.3) is 6.08 Å². The number of aliphatic imine (C=N–C) groups is 1. The third kappa shape index (κ3) is 4.50. The summed E-state index contributed by atoms with van der Waals surface area (Å²) in [6.07, 6.45) is 6.56. The van der Waals surface area contributed by atoms with Crippen LogP contribution in [0.1, 0.15) is 12.0 Å². The molecule has 0 spiro atoms. The molecular weight excluding hydrogens is 401 g/mol. The van der Waals surface area contributed by atoms with E-state index in [1.807, 2.05) is 0 Å². The summed E-state index contributed by atoms with van der Waals surface area (Å²) in [5.41, 5.74) is 1.05. The molecule has 0 amide bonds. The minimum atomic E-state index is -0.408. The van der Waals surface area contributed by atoms with Crippen LogP contribution >= 0.6 is 39.1 Å². The molecule has 1 aliphatic rings. The molecule has 1 aromatic carbocycles. The van der Waals surface area contributed by atoms with Gasteiger partial charge in [-0.05, 0) is 35.9 Å². The predicted molar refractivity (Wildman–Crippen MR) is 98.6 cm³/mol. The number of carbonyl (C=O) groups excluding carboxylic acids is 2. The summed E-state index contributed by atoms with van der Waals surface area (Å²) < 4.78 is 0.672. The lowest BCUT2D eigenvalue weighted by Crippen LogP contribution is -2.19.